The molecule has 2 atom stereocenters. The number of carbonyl (C=O) groups excluding carboxylic acids is 1. The molecule has 2 unspecified atom stereocenters. The van der Waals surface area contributed by atoms with E-state index in [-0.39, 0.29) is 17.9 Å². The molecule has 1 amide bonds. The average Bonchev–Trinajstić information content (AvgIpc) is 3.23. The summed E-state index contributed by atoms with van der Waals surface area (Å²) in [7, 11) is 0. The maximum Gasteiger partial charge on any atom is 0.330 e. The Morgan fingerprint density at radius 1 is 1.13 bits per heavy atom. The second kappa shape index (κ2) is 5.46. The number of carboxylic acid groups (broad SMARTS) is 1. The van der Waals surface area contributed by atoms with Crippen molar-refractivity contribution in [2.75, 3.05) is 0 Å². The molecule has 0 radical (unpaired) electrons. The Morgan fingerprint density at radius 3 is 2.43 bits per heavy atom. The number of aliphatic carboxylic acids is 1. The number of hydrogen-bond acceptors (Lipinski definition) is 2. The van der Waals surface area contributed by atoms with E-state index in [1.165, 1.54) is 0 Å². The van der Waals surface area contributed by atoms with Gasteiger partial charge >= 0.3 is 5.97 Å². The highest BCUT2D eigenvalue weighted by atomic mass is 19.1. The van der Waals surface area contributed by atoms with Crippen LogP contribution in [0.3, 0.4) is 0 Å². The number of carbonyl (C=O) groups is 2. The molecule has 0 heterocycles. The maximum atomic E-state index is 13.7. The summed E-state index contributed by atoms with van der Waals surface area (Å²) in [5, 5.41) is 11.9. The largest absolute Gasteiger partial charge is 0.479 e. The minimum absolute atomic E-state index is 0.223. The van der Waals surface area contributed by atoms with Gasteiger partial charge in [0.25, 0.3) is 5.91 Å². The van der Waals surface area contributed by atoms with Crippen molar-refractivity contribution < 1.29 is 23.5 Å². The smallest absolute Gasteiger partial charge is 0.330 e. The van der Waals surface area contributed by atoms with Crippen LogP contribution in [0.1, 0.15) is 28.3 Å². The summed E-state index contributed by atoms with van der Waals surface area (Å²) in [5.41, 5.74) is -1.06. The molecule has 23 heavy (non-hydrogen) atoms. The van der Waals surface area contributed by atoms with Crippen molar-refractivity contribution >= 4 is 11.9 Å². The Labute approximate surface area is 130 Å². The Hall–Kier alpha value is -2.76. The van der Waals surface area contributed by atoms with Crippen molar-refractivity contribution in [1.82, 2.24) is 5.32 Å². The van der Waals surface area contributed by atoms with E-state index in [4.69, 9.17) is 0 Å². The highest BCUT2D eigenvalue weighted by molar-refractivity contribution is 6.00. The molecule has 0 bridgehead atoms. The van der Waals surface area contributed by atoms with Crippen LogP contribution in [0.2, 0.25) is 0 Å². The zero-order valence-corrected chi connectivity index (χ0v) is 11.9. The molecule has 3 rings (SSSR count). The summed E-state index contributed by atoms with van der Waals surface area (Å²) < 4.78 is 26.6. The maximum absolute atomic E-state index is 13.7. The summed E-state index contributed by atoms with van der Waals surface area (Å²) >= 11 is 0. The number of carboxylic acids is 1. The van der Waals surface area contributed by atoms with Gasteiger partial charge in [0, 0.05) is 12.0 Å². The van der Waals surface area contributed by atoms with E-state index < -0.39 is 29.0 Å². The quantitative estimate of drug-likeness (QED) is 0.911. The van der Waals surface area contributed by atoms with Gasteiger partial charge in [-0.15, -0.1) is 0 Å². The topological polar surface area (TPSA) is 66.4 Å². The van der Waals surface area contributed by atoms with Gasteiger partial charge in [0.2, 0.25) is 0 Å². The van der Waals surface area contributed by atoms with Gasteiger partial charge in [-0.1, -0.05) is 30.3 Å². The standard InChI is InChI=1S/C17H13F2NO3/c18-11-6-7-12(14(19)8-11)15(21)20-17(16(22)23)9-13(17)10-4-2-1-3-5-10/h1-8,13H,9H2,(H,20,21)(H,22,23). The zero-order chi connectivity index (χ0) is 16.6. The van der Waals surface area contributed by atoms with Crippen LogP contribution in [0, 0.1) is 11.6 Å². The molecule has 0 aliphatic heterocycles. The molecular formula is C17H13F2NO3. The monoisotopic (exact) mass is 317 g/mol. The zero-order valence-electron chi connectivity index (χ0n) is 11.9. The van der Waals surface area contributed by atoms with Crippen LogP contribution in [-0.2, 0) is 4.79 Å². The second-order valence-electron chi connectivity index (χ2n) is 5.52. The van der Waals surface area contributed by atoms with Crippen molar-refractivity contribution in [3.8, 4) is 0 Å². The average molecular weight is 317 g/mol. The SMILES string of the molecule is O=C(NC1(C(=O)O)CC1c1ccccc1)c1ccc(F)cc1F. The normalized spacial score (nSPS) is 22.4. The van der Waals surface area contributed by atoms with Crippen LogP contribution in [0.25, 0.3) is 0 Å². The van der Waals surface area contributed by atoms with Crippen LogP contribution < -0.4 is 5.32 Å². The van der Waals surface area contributed by atoms with Gasteiger partial charge in [0.1, 0.15) is 17.2 Å². The lowest BCUT2D eigenvalue weighted by Gasteiger charge is -2.15. The van der Waals surface area contributed by atoms with Crippen molar-refractivity contribution in [3.05, 3.63) is 71.3 Å². The Kier molecular flexibility index (Phi) is 3.60. The van der Waals surface area contributed by atoms with E-state index in [1.807, 2.05) is 0 Å². The summed E-state index contributed by atoms with van der Waals surface area (Å²) in [6, 6.07) is 11.5. The van der Waals surface area contributed by atoms with Crippen molar-refractivity contribution in [2.45, 2.75) is 17.9 Å². The molecule has 0 saturated heterocycles. The summed E-state index contributed by atoms with van der Waals surface area (Å²) in [5.74, 6) is -4.26. The molecule has 0 spiro atoms. The van der Waals surface area contributed by atoms with Crippen LogP contribution in [0.15, 0.2) is 48.5 Å². The van der Waals surface area contributed by atoms with Crippen LogP contribution in [0.5, 0.6) is 0 Å². The number of halogens is 2. The van der Waals surface area contributed by atoms with Gasteiger partial charge < -0.3 is 10.4 Å². The van der Waals surface area contributed by atoms with Crippen LogP contribution in [-0.4, -0.2) is 22.5 Å². The van der Waals surface area contributed by atoms with E-state index in [1.54, 1.807) is 30.3 Å². The Morgan fingerprint density at radius 2 is 1.83 bits per heavy atom. The number of amides is 1. The number of benzene rings is 2. The fourth-order valence-corrected chi connectivity index (χ4v) is 2.72. The first-order valence-electron chi connectivity index (χ1n) is 7.00. The molecule has 2 aromatic rings. The molecule has 2 N–H and O–H groups in total. The minimum Gasteiger partial charge on any atom is -0.479 e. The molecule has 1 aliphatic rings. The van der Waals surface area contributed by atoms with Gasteiger partial charge in [-0.2, -0.15) is 0 Å². The Bertz CT molecular complexity index is 779. The lowest BCUT2D eigenvalue weighted by Crippen LogP contribution is -2.44. The highest BCUT2D eigenvalue weighted by Crippen LogP contribution is 2.51. The predicted octanol–water partition coefficient (Wildman–Crippen LogP) is 2.71. The van der Waals surface area contributed by atoms with Crippen molar-refractivity contribution in [2.24, 2.45) is 0 Å². The summed E-state index contributed by atoms with van der Waals surface area (Å²) in [6.07, 6.45) is 0.223. The molecule has 6 heteroatoms. The number of nitrogens with one attached hydrogen (secondary N) is 1. The first kappa shape index (κ1) is 15.1. The molecule has 1 aliphatic carbocycles. The predicted molar refractivity (Wildman–Crippen MR) is 78.0 cm³/mol. The molecule has 2 aromatic carbocycles. The third-order valence-corrected chi connectivity index (χ3v) is 4.06. The highest BCUT2D eigenvalue weighted by Gasteiger charge is 2.62. The van der Waals surface area contributed by atoms with E-state index >= 15 is 0 Å². The number of rotatable bonds is 4. The minimum atomic E-state index is -1.46. The van der Waals surface area contributed by atoms with Gasteiger partial charge in [0.05, 0.1) is 5.56 Å². The third kappa shape index (κ3) is 2.67. The van der Waals surface area contributed by atoms with Crippen molar-refractivity contribution in [1.29, 1.82) is 0 Å². The molecule has 0 aromatic heterocycles. The first-order valence-corrected chi connectivity index (χ1v) is 7.00. The lowest BCUT2D eigenvalue weighted by molar-refractivity contribution is -0.140. The number of hydrogen-bond donors (Lipinski definition) is 2. The van der Waals surface area contributed by atoms with E-state index in [0.29, 0.717) is 6.07 Å². The second-order valence-corrected chi connectivity index (χ2v) is 5.52. The van der Waals surface area contributed by atoms with Gasteiger partial charge in [-0.25, -0.2) is 13.6 Å². The molecule has 4 nitrogen and oxygen atoms in total. The van der Waals surface area contributed by atoms with Crippen LogP contribution in [0.4, 0.5) is 8.78 Å². The Balaban J connectivity index is 1.85. The molecular weight excluding hydrogens is 304 g/mol. The summed E-state index contributed by atoms with van der Waals surface area (Å²) in [4.78, 5) is 23.8. The lowest BCUT2D eigenvalue weighted by atomic mass is 10.1. The fourth-order valence-electron chi connectivity index (χ4n) is 2.72. The van der Waals surface area contributed by atoms with Crippen LogP contribution >= 0.6 is 0 Å². The first-order chi connectivity index (χ1) is 10.9. The summed E-state index contributed by atoms with van der Waals surface area (Å²) in [6.45, 7) is 0. The molecule has 1 saturated carbocycles. The molecule has 1 fully saturated rings. The van der Waals surface area contributed by atoms with Gasteiger partial charge in [0.15, 0.2) is 0 Å². The van der Waals surface area contributed by atoms with E-state index in [2.05, 4.69) is 5.32 Å². The van der Waals surface area contributed by atoms with Crippen molar-refractivity contribution in [3.63, 3.8) is 0 Å². The van der Waals surface area contributed by atoms with E-state index in [9.17, 15) is 23.5 Å². The molecule has 118 valence electrons. The van der Waals surface area contributed by atoms with Gasteiger partial charge in [-0.05, 0) is 24.1 Å². The fraction of sp³-hybridized carbons (Fsp3) is 0.176. The van der Waals surface area contributed by atoms with E-state index in [0.717, 1.165) is 17.7 Å². The van der Waals surface area contributed by atoms with Gasteiger partial charge in [-0.3, -0.25) is 4.79 Å². The third-order valence-electron chi connectivity index (χ3n) is 4.06.